The van der Waals surface area contributed by atoms with Crippen LogP contribution in [0.15, 0.2) is 36.5 Å². The molecule has 0 aliphatic rings. The molecule has 0 atom stereocenters. The van der Waals surface area contributed by atoms with Gasteiger partial charge in [-0.25, -0.2) is 9.48 Å². The summed E-state index contributed by atoms with van der Waals surface area (Å²) in [6.07, 6.45) is 1.91. The van der Waals surface area contributed by atoms with E-state index in [1.807, 2.05) is 26.8 Å². The molecule has 8 heteroatoms. The zero-order valence-electron chi connectivity index (χ0n) is 15.7. The molecule has 144 valence electrons. The summed E-state index contributed by atoms with van der Waals surface area (Å²) in [6.45, 7) is 6.08. The maximum Gasteiger partial charge on any atom is 0.356 e. The first-order valence-corrected chi connectivity index (χ1v) is 8.56. The van der Waals surface area contributed by atoms with Gasteiger partial charge < -0.3 is 15.7 Å². The molecule has 1 aromatic heterocycles. The predicted octanol–water partition coefficient (Wildman–Crippen LogP) is 1.74. The molecular weight excluding hydrogens is 348 g/mol. The van der Waals surface area contributed by atoms with Crippen molar-refractivity contribution in [1.82, 2.24) is 20.4 Å². The lowest BCUT2D eigenvalue weighted by Gasteiger charge is -2.17. The average Bonchev–Trinajstić information content (AvgIpc) is 3.07. The Morgan fingerprint density at radius 2 is 1.85 bits per heavy atom. The van der Waals surface area contributed by atoms with Gasteiger partial charge in [0.05, 0.1) is 12.2 Å². The SMILES string of the molecule is CC(C)(C)CC(=O)NCC(=O)NCc1cccc(-n2ccc(C(=O)O)n2)c1. The maximum atomic E-state index is 11.9. The molecule has 0 spiro atoms. The van der Waals surface area contributed by atoms with E-state index < -0.39 is 5.97 Å². The Morgan fingerprint density at radius 1 is 1.11 bits per heavy atom. The minimum atomic E-state index is -1.09. The highest BCUT2D eigenvalue weighted by molar-refractivity contribution is 5.85. The zero-order valence-corrected chi connectivity index (χ0v) is 15.7. The van der Waals surface area contributed by atoms with Crippen LogP contribution in [-0.2, 0) is 16.1 Å². The van der Waals surface area contributed by atoms with E-state index in [0.717, 1.165) is 5.56 Å². The number of carbonyl (C=O) groups is 3. The smallest absolute Gasteiger partial charge is 0.356 e. The summed E-state index contributed by atoms with van der Waals surface area (Å²) in [5.74, 6) is -1.53. The monoisotopic (exact) mass is 372 g/mol. The van der Waals surface area contributed by atoms with Crippen LogP contribution < -0.4 is 10.6 Å². The first-order valence-electron chi connectivity index (χ1n) is 8.56. The molecule has 1 heterocycles. The molecule has 3 N–H and O–H groups in total. The van der Waals surface area contributed by atoms with E-state index in [9.17, 15) is 14.4 Å². The number of nitrogens with one attached hydrogen (secondary N) is 2. The molecule has 0 saturated heterocycles. The van der Waals surface area contributed by atoms with E-state index in [2.05, 4.69) is 15.7 Å². The van der Waals surface area contributed by atoms with Crippen molar-refractivity contribution in [3.05, 3.63) is 47.8 Å². The van der Waals surface area contributed by atoms with Crippen LogP contribution in [0.5, 0.6) is 0 Å². The molecular formula is C19H24N4O4. The number of carboxylic acid groups (broad SMARTS) is 1. The van der Waals surface area contributed by atoms with Gasteiger partial charge in [0.2, 0.25) is 11.8 Å². The fourth-order valence-electron chi connectivity index (χ4n) is 2.38. The molecule has 2 amide bonds. The minimum absolute atomic E-state index is 0.0419. The lowest BCUT2D eigenvalue weighted by atomic mass is 9.92. The number of amides is 2. The van der Waals surface area contributed by atoms with Crippen LogP contribution in [0.2, 0.25) is 0 Å². The standard InChI is InChI=1S/C19H24N4O4/c1-19(2,3)10-16(24)21-12-17(25)20-11-13-5-4-6-14(9-13)23-8-7-15(22-23)18(26)27/h4-9H,10-12H2,1-3H3,(H,20,25)(H,21,24)(H,26,27). The Balaban J connectivity index is 1.88. The van der Waals surface area contributed by atoms with E-state index in [0.29, 0.717) is 12.1 Å². The summed E-state index contributed by atoms with van der Waals surface area (Å²) < 4.78 is 1.46. The van der Waals surface area contributed by atoms with Crippen molar-refractivity contribution < 1.29 is 19.5 Å². The molecule has 2 rings (SSSR count). The quantitative estimate of drug-likeness (QED) is 0.685. The second-order valence-corrected chi connectivity index (χ2v) is 7.41. The van der Waals surface area contributed by atoms with E-state index in [-0.39, 0.29) is 36.0 Å². The molecule has 0 bridgehead atoms. The normalized spacial score (nSPS) is 11.1. The fraction of sp³-hybridized carbons (Fsp3) is 0.368. The lowest BCUT2D eigenvalue weighted by molar-refractivity contribution is -0.127. The number of aromatic nitrogens is 2. The van der Waals surface area contributed by atoms with E-state index in [1.165, 1.54) is 10.7 Å². The Bertz CT molecular complexity index is 836. The van der Waals surface area contributed by atoms with Crippen LogP contribution in [0.25, 0.3) is 5.69 Å². The van der Waals surface area contributed by atoms with Crippen LogP contribution in [-0.4, -0.2) is 39.2 Å². The Hall–Kier alpha value is -3.16. The van der Waals surface area contributed by atoms with Crippen molar-refractivity contribution in [1.29, 1.82) is 0 Å². The number of benzene rings is 1. The first kappa shape index (κ1) is 20.2. The molecule has 0 fully saturated rings. The third-order valence-corrected chi connectivity index (χ3v) is 3.61. The van der Waals surface area contributed by atoms with Gasteiger partial charge in [-0.3, -0.25) is 9.59 Å². The Labute approximate surface area is 157 Å². The predicted molar refractivity (Wildman–Crippen MR) is 99.5 cm³/mol. The van der Waals surface area contributed by atoms with Crippen LogP contribution in [0.4, 0.5) is 0 Å². The summed E-state index contributed by atoms with van der Waals surface area (Å²) in [5.41, 5.74) is 1.34. The van der Waals surface area contributed by atoms with Crippen molar-refractivity contribution in [3.63, 3.8) is 0 Å². The molecule has 0 unspecified atom stereocenters. The average molecular weight is 372 g/mol. The number of hydrogen-bond donors (Lipinski definition) is 3. The molecule has 0 saturated carbocycles. The summed E-state index contributed by atoms with van der Waals surface area (Å²) in [5, 5.41) is 18.3. The van der Waals surface area contributed by atoms with Gasteiger partial charge in [-0.15, -0.1) is 0 Å². The zero-order chi connectivity index (χ0) is 20.0. The number of hydrogen-bond acceptors (Lipinski definition) is 4. The summed E-state index contributed by atoms with van der Waals surface area (Å²) >= 11 is 0. The van der Waals surface area contributed by atoms with Gasteiger partial charge in [0.1, 0.15) is 0 Å². The highest BCUT2D eigenvalue weighted by atomic mass is 16.4. The highest BCUT2D eigenvalue weighted by Crippen LogP contribution is 2.17. The number of aromatic carboxylic acids is 1. The summed E-state index contributed by atoms with van der Waals surface area (Å²) in [7, 11) is 0. The number of nitrogens with zero attached hydrogens (tertiary/aromatic N) is 2. The van der Waals surface area contributed by atoms with Gasteiger partial charge in [-0.1, -0.05) is 32.9 Å². The summed E-state index contributed by atoms with van der Waals surface area (Å²) in [4.78, 5) is 34.6. The van der Waals surface area contributed by atoms with Crippen molar-refractivity contribution in [2.45, 2.75) is 33.7 Å². The van der Waals surface area contributed by atoms with Gasteiger partial charge >= 0.3 is 5.97 Å². The van der Waals surface area contributed by atoms with Crippen LogP contribution >= 0.6 is 0 Å². The second-order valence-electron chi connectivity index (χ2n) is 7.41. The van der Waals surface area contributed by atoms with E-state index in [4.69, 9.17) is 5.11 Å². The highest BCUT2D eigenvalue weighted by Gasteiger charge is 2.16. The molecule has 2 aromatic rings. The maximum absolute atomic E-state index is 11.9. The molecule has 8 nitrogen and oxygen atoms in total. The van der Waals surface area contributed by atoms with Crippen LogP contribution in [0.3, 0.4) is 0 Å². The third kappa shape index (κ3) is 6.58. The number of carbonyl (C=O) groups excluding carboxylic acids is 2. The topological polar surface area (TPSA) is 113 Å². The summed E-state index contributed by atoms with van der Waals surface area (Å²) in [6, 6.07) is 8.64. The van der Waals surface area contributed by atoms with Crippen LogP contribution in [0, 0.1) is 5.41 Å². The van der Waals surface area contributed by atoms with Gasteiger partial charge in [0.15, 0.2) is 5.69 Å². The fourth-order valence-corrected chi connectivity index (χ4v) is 2.38. The number of rotatable bonds is 7. The van der Waals surface area contributed by atoms with Crippen molar-refractivity contribution in [3.8, 4) is 5.69 Å². The second kappa shape index (κ2) is 8.48. The molecule has 0 aliphatic heterocycles. The lowest BCUT2D eigenvalue weighted by Crippen LogP contribution is -2.37. The van der Waals surface area contributed by atoms with E-state index in [1.54, 1.807) is 24.4 Å². The van der Waals surface area contributed by atoms with Gasteiger partial charge in [-0.2, -0.15) is 5.10 Å². The van der Waals surface area contributed by atoms with Gasteiger partial charge in [0, 0.05) is 19.2 Å². The molecule has 0 radical (unpaired) electrons. The van der Waals surface area contributed by atoms with Crippen LogP contribution in [0.1, 0.15) is 43.2 Å². The van der Waals surface area contributed by atoms with Crippen molar-refractivity contribution >= 4 is 17.8 Å². The molecule has 27 heavy (non-hydrogen) atoms. The van der Waals surface area contributed by atoms with Gasteiger partial charge in [0.25, 0.3) is 0 Å². The van der Waals surface area contributed by atoms with E-state index >= 15 is 0 Å². The van der Waals surface area contributed by atoms with Crippen molar-refractivity contribution in [2.75, 3.05) is 6.54 Å². The van der Waals surface area contributed by atoms with Gasteiger partial charge in [-0.05, 0) is 29.2 Å². The minimum Gasteiger partial charge on any atom is -0.476 e. The number of carboxylic acids is 1. The molecule has 1 aromatic carbocycles. The largest absolute Gasteiger partial charge is 0.476 e. The molecule has 0 aliphatic carbocycles. The van der Waals surface area contributed by atoms with Crippen molar-refractivity contribution in [2.24, 2.45) is 5.41 Å². The third-order valence-electron chi connectivity index (χ3n) is 3.61. The Morgan fingerprint density at radius 3 is 2.48 bits per heavy atom. The first-order chi connectivity index (χ1) is 12.6. The Kier molecular flexibility index (Phi) is 6.33.